The molecule has 1 aliphatic carbocycles. The summed E-state index contributed by atoms with van der Waals surface area (Å²) < 4.78 is 0. The van der Waals surface area contributed by atoms with E-state index in [1.807, 2.05) is 27.7 Å². The quantitative estimate of drug-likeness (QED) is 0.373. The minimum Gasteiger partial charge on any atom is -0.340 e. The molecule has 3 heteroatoms. The van der Waals surface area contributed by atoms with Gasteiger partial charge < -0.3 is 5.32 Å². The molecule has 2 aromatic rings. The highest BCUT2D eigenvalue weighted by Gasteiger charge is 2.68. The van der Waals surface area contributed by atoms with E-state index in [9.17, 15) is 5.26 Å². The number of benzene rings is 2. The Labute approximate surface area is 234 Å². The van der Waals surface area contributed by atoms with E-state index < -0.39 is 0 Å². The molecule has 1 saturated carbocycles. The van der Waals surface area contributed by atoms with Gasteiger partial charge in [-0.2, -0.15) is 5.26 Å². The molecule has 0 aromatic heterocycles. The van der Waals surface area contributed by atoms with Crippen molar-refractivity contribution in [1.82, 2.24) is 0 Å². The summed E-state index contributed by atoms with van der Waals surface area (Å²) in [7, 11) is 0. The number of nitrogens with one attached hydrogen (secondary N) is 1. The van der Waals surface area contributed by atoms with Crippen LogP contribution in [0.15, 0.2) is 54.5 Å². The number of anilines is 1. The Morgan fingerprint density at radius 2 is 1.45 bits per heavy atom. The second kappa shape index (κ2) is 14.9. The Balaban J connectivity index is 0.00000112. The van der Waals surface area contributed by atoms with E-state index in [1.165, 1.54) is 22.3 Å². The standard InChI is InChI=1S/C29H37N3.2C2H6.C2H4/c1-7-28-18-29(28,8-2)32-27(24-11-9-10-12-25(24)28)31-26-22(13-19(3)4)15-21(17-30)16-23(26)14-20(5)6;3*1-2/h9-12,15-16,19-20H,7-8,13-14,18H2,1-6H3,(H,31,32);2*1-2H3;1-2H2/t28?,29-;;;/m0.../s1. The smallest absolute Gasteiger partial charge is 0.133 e. The summed E-state index contributed by atoms with van der Waals surface area (Å²) in [6.45, 7) is 27.6. The van der Waals surface area contributed by atoms with E-state index in [1.54, 1.807) is 0 Å². The molecule has 2 aromatic carbocycles. The average molecular weight is 516 g/mol. The van der Waals surface area contributed by atoms with Gasteiger partial charge in [-0.3, -0.25) is 4.99 Å². The lowest BCUT2D eigenvalue weighted by molar-refractivity contribution is 0.498. The molecular weight excluding hydrogens is 462 g/mol. The van der Waals surface area contributed by atoms with Crippen LogP contribution in [0.2, 0.25) is 0 Å². The number of hydrogen-bond donors (Lipinski definition) is 1. The molecule has 208 valence electrons. The fraction of sp³-hybridized carbons (Fsp3) is 0.543. The van der Waals surface area contributed by atoms with Crippen LogP contribution < -0.4 is 5.32 Å². The Morgan fingerprint density at radius 1 is 0.921 bits per heavy atom. The molecule has 0 amide bonds. The van der Waals surface area contributed by atoms with Crippen molar-refractivity contribution in [3.8, 4) is 6.07 Å². The van der Waals surface area contributed by atoms with Crippen LogP contribution in [-0.4, -0.2) is 11.4 Å². The molecule has 1 heterocycles. The maximum absolute atomic E-state index is 9.66. The maximum atomic E-state index is 9.66. The SMILES string of the molecule is C=C.CC.CC.CCC12C[C@]1(CC)N=C(Nc1c(CC(C)C)cc(C#N)cc1CC(C)C)c1ccccc12. The zero-order chi connectivity index (χ0) is 29.1. The van der Waals surface area contributed by atoms with Gasteiger partial charge in [0.25, 0.3) is 0 Å². The van der Waals surface area contributed by atoms with Gasteiger partial charge in [-0.15, -0.1) is 13.2 Å². The first-order valence-corrected chi connectivity index (χ1v) is 14.8. The fourth-order valence-electron chi connectivity index (χ4n) is 5.92. The molecule has 0 bridgehead atoms. The molecule has 0 spiro atoms. The van der Waals surface area contributed by atoms with Gasteiger partial charge in [-0.1, -0.05) is 93.5 Å². The third-order valence-electron chi connectivity index (χ3n) is 7.50. The predicted molar refractivity (Wildman–Crippen MR) is 168 cm³/mol. The summed E-state index contributed by atoms with van der Waals surface area (Å²) in [5, 5.41) is 13.5. The molecular formula is C35H53N3. The van der Waals surface area contributed by atoms with Gasteiger partial charge in [-0.25, -0.2) is 0 Å². The van der Waals surface area contributed by atoms with E-state index >= 15 is 0 Å². The lowest BCUT2D eigenvalue weighted by Gasteiger charge is -2.31. The molecule has 0 radical (unpaired) electrons. The highest BCUT2D eigenvalue weighted by atomic mass is 15.1. The number of rotatable bonds is 7. The van der Waals surface area contributed by atoms with Gasteiger partial charge in [-0.05, 0) is 72.8 Å². The number of hydrogen-bond acceptors (Lipinski definition) is 3. The zero-order valence-corrected chi connectivity index (χ0v) is 26.0. The minimum absolute atomic E-state index is 0.0153. The Morgan fingerprint density at radius 3 is 1.89 bits per heavy atom. The van der Waals surface area contributed by atoms with Gasteiger partial charge >= 0.3 is 0 Å². The Hall–Kier alpha value is -2.86. The molecule has 2 aliphatic rings. The van der Waals surface area contributed by atoms with Gasteiger partial charge in [0, 0.05) is 16.7 Å². The second-order valence-electron chi connectivity index (χ2n) is 10.6. The summed E-state index contributed by atoms with van der Waals surface area (Å²) in [5.74, 6) is 2.02. The molecule has 0 saturated heterocycles. The molecule has 1 aliphatic heterocycles. The summed E-state index contributed by atoms with van der Waals surface area (Å²) in [5.41, 5.74) is 7.27. The van der Waals surface area contributed by atoms with E-state index in [4.69, 9.17) is 4.99 Å². The number of aliphatic imine (C=N–C) groups is 1. The Bertz CT molecular complexity index is 1070. The van der Waals surface area contributed by atoms with Crippen LogP contribution in [0.4, 0.5) is 5.69 Å². The van der Waals surface area contributed by atoms with Crippen LogP contribution in [-0.2, 0) is 18.3 Å². The minimum atomic E-state index is 0.0153. The first-order valence-electron chi connectivity index (χ1n) is 14.8. The third kappa shape index (κ3) is 6.58. The highest BCUT2D eigenvalue weighted by Crippen LogP contribution is 2.66. The number of nitriles is 1. The van der Waals surface area contributed by atoms with Crippen LogP contribution in [0.25, 0.3) is 0 Å². The third-order valence-corrected chi connectivity index (χ3v) is 7.50. The molecule has 2 atom stereocenters. The molecule has 1 N–H and O–H groups in total. The van der Waals surface area contributed by atoms with E-state index in [0.717, 1.165) is 49.2 Å². The number of amidine groups is 1. The lowest BCUT2D eigenvalue weighted by atomic mass is 9.81. The first-order chi connectivity index (χ1) is 18.3. The van der Waals surface area contributed by atoms with Crippen molar-refractivity contribution >= 4 is 11.5 Å². The van der Waals surface area contributed by atoms with Crippen LogP contribution >= 0.6 is 0 Å². The monoisotopic (exact) mass is 515 g/mol. The summed E-state index contributed by atoms with van der Waals surface area (Å²) in [6, 6.07) is 15.4. The van der Waals surface area contributed by atoms with Crippen LogP contribution in [0, 0.1) is 23.2 Å². The van der Waals surface area contributed by atoms with Crippen molar-refractivity contribution in [2.24, 2.45) is 16.8 Å². The molecule has 38 heavy (non-hydrogen) atoms. The molecule has 1 unspecified atom stereocenters. The van der Waals surface area contributed by atoms with E-state index in [-0.39, 0.29) is 11.0 Å². The molecule has 1 fully saturated rings. The maximum Gasteiger partial charge on any atom is 0.133 e. The number of fused-ring (bicyclic) bond motifs is 3. The average Bonchev–Trinajstić information content (AvgIpc) is 3.63. The van der Waals surface area contributed by atoms with Crippen molar-refractivity contribution in [2.45, 2.75) is 112 Å². The van der Waals surface area contributed by atoms with Crippen molar-refractivity contribution in [1.29, 1.82) is 5.26 Å². The van der Waals surface area contributed by atoms with Crippen molar-refractivity contribution < 1.29 is 0 Å². The topological polar surface area (TPSA) is 48.2 Å². The van der Waals surface area contributed by atoms with Crippen molar-refractivity contribution in [2.75, 3.05) is 5.32 Å². The lowest BCUT2D eigenvalue weighted by Crippen LogP contribution is -2.33. The summed E-state index contributed by atoms with van der Waals surface area (Å²) in [4.78, 5) is 5.41. The normalized spacial score (nSPS) is 20.1. The first kappa shape index (κ1) is 33.2. The van der Waals surface area contributed by atoms with E-state index in [0.29, 0.717) is 11.8 Å². The summed E-state index contributed by atoms with van der Waals surface area (Å²) >= 11 is 0. The van der Waals surface area contributed by atoms with Crippen LogP contribution in [0.3, 0.4) is 0 Å². The fourth-order valence-corrected chi connectivity index (χ4v) is 5.92. The second-order valence-corrected chi connectivity index (χ2v) is 10.6. The molecule has 4 rings (SSSR count). The number of nitrogens with zero attached hydrogens (tertiary/aromatic N) is 2. The highest BCUT2D eigenvalue weighted by molar-refractivity contribution is 6.12. The van der Waals surface area contributed by atoms with Gasteiger partial charge in [0.2, 0.25) is 0 Å². The van der Waals surface area contributed by atoms with Gasteiger partial charge in [0.1, 0.15) is 5.84 Å². The predicted octanol–water partition coefficient (Wildman–Crippen LogP) is 9.88. The van der Waals surface area contributed by atoms with Crippen LogP contribution in [0.1, 0.15) is 116 Å². The zero-order valence-electron chi connectivity index (χ0n) is 26.0. The summed E-state index contributed by atoms with van der Waals surface area (Å²) in [6.07, 6.45) is 5.21. The van der Waals surface area contributed by atoms with Gasteiger partial charge in [0.05, 0.1) is 17.2 Å². The van der Waals surface area contributed by atoms with Crippen LogP contribution in [0.5, 0.6) is 0 Å². The largest absolute Gasteiger partial charge is 0.340 e. The van der Waals surface area contributed by atoms with Crippen molar-refractivity contribution in [3.05, 3.63) is 77.4 Å². The van der Waals surface area contributed by atoms with Gasteiger partial charge in [0.15, 0.2) is 0 Å². The Kier molecular flexibility index (Phi) is 13.0. The van der Waals surface area contributed by atoms with E-state index in [2.05, 4.69) is 102 Å². The molecule has 3 nitrogen and oxygen atoms in total. The van der Waals surface area contributed by atoms with Crippen molar-refractivity contribution in [3.63, 3.8) is 0 Å².